The van der Waals surface area contributed by atoms with Gasteiger partial charge in [0, 0.05) is 8.47 Å². The van der Waals surface area contributed by atoms with E-state index in [1.807, 2.05) is 48.5 Å². The number of amides is 1. The predicted molar refractivity (Wildman–Crippen MR) is 96.1 cm³/mol. The van der Waals surface area contributed by atoms with E-state index in [2.05, 4.69) is 34.0 Å². The Labute approximate surface area is 147 Å². The monoisotopic (exact) mass is 424 g/mol. The number of ether oxygens (including phenoxy) is 1. The first-order chi connectivity index (χ1) is 10.7. The van der Waals surface area contributed by atoms with Gasteiger partial charge in [-0.15, -0.1) is 11.8 Å². The maximum Gasteiger partial charge on any atom is 0.262 e. The molecule has 0 saturated carbocycles. The van der Waals surface area contributed by atoms with E-state index in [1.54, 1.807) is 0 Å². The molecular weight excluding hydrogens is 411 g/mol. The van der Waals surface area contributed by atoms with Crippen LogP contribution < -0.4 is 10.1 Å². The van der Waals surface area contributed by atoms with Crippen LogP contribution in [0.25, 0.3) is 0 Å². The Balaban J connectivity index is 1.93. The van der Waals surface area contributed by atoms with Gasteiger partial charge in [0.2, 0.25) is 0 Å². The zero-order chi connectivity index (χ0) is 15.8. The molecule has 0 heterocycles. The van der Waals surface area contributed by atoms with E-state index in [1.165, 1.54) is 11.8 Å². The van der Waals surface area contributed by atoms with E-state index in [0.29, 0.717) is 17.2 Å². The van der Waals surface area contributed by atoms with Crippen molar-refractivity contribution in [3.8, 4) is 11.8 Å². The molecule has 0 aliphatic carbocycles. The Morgan fingerprint density at radius 1 is 1.27 bits per heavy atom. The van der Waals surface area contributed by atoms with Gasteiger partial charge in [0.15, 0.2) is 6.61 Å². The van der Waals surface area contributed by atoms with Crippen LogP contribution in [0.1, 0.15) is 0 Å². The van der Waals surface area contributed by atoms with Crippen molar-refractivity contribution >= 4 is 45.9 Å². The zero-order valence-corrected chi connectivity index (χ0v) is 14.6. The van der Waals surface area contributed by atoms with Crippen LogP contribution in [0, 0.1) is 14.9 Å². The number of carbonyl (C=O) groups excluding carboxylic acids is 1. The molecule has 2 aromatic rings. The van der Waals surface area contributed by atoms with Crippen molar-refractivity contribution in [1.82, 2.24) is 0 Å². The second kappa shape index (κ2) is 8.66. The van der Waals surface area contributed by atoms with E-state index in [9.17, 15) is 4.79 Å². The molecule has 0 bridgehead atoms. The van der Waals surface area contributed by atoms with Crippen LogP contribution in [0.4, 0.5) is 5.69 Å². The minimum Gasteiger partial charge on any atom is -0.484 e. The molecule has 112 valence electrons. The number of benzene rings is 2. The molecule has 0 atom stereocenters. The number of hydrogen-bond donors (Lipinski definition) is 1. The average Bonchev–Trinajstić information content (AvgIpc) is 2.52. The highest BCUT2D eigenvalue weighted by Crippen LogP contribution is 2.26. The van der Waals surface area contributed by atoms with E-state index in [0.717, 1.165) is 8.47 Å². The molecule has 2 rings (SSSR count). The maximum absolute atomic E-state index is 12.0. The summed E-state index contributed by atoms with van der Waals surface area (Å²) in [5.41, 5.74) is 0.694. The number of nitriles is 1. The molecule has 0 aromatic heterocycles. The highest BCUT2D eigenvalue weighted by Gasteiger charge is 2.08. The van der Waals surface area contributed by atoms with Gasteiger partial charge in [0.1, 0.15) is 5.75 Å². The minimum absolute atomic E-state index is 0.0582. The molecule has 1 amide bonds. The summed E-state index contributed by atoms with van der Waals surface area (Å²) in [5.74, 6) is 0.768. The Hall–Kier alpha value is -1.72. The number of halogens is 1. The summed E-state index contributed by atoms with van der Waals surface area (Å²) >= 11 is 3.58. The summed E-state index contributed by atoms with van der Waals surface area (Å²) in [4.78, 5) is 12.9. The smallest absolute Gasteiger partial charge is 0.262 e. The molecule has 0 spiro atoms. The second-order valence-electron chi connectivity index (χ2n) is 4.24. The first kappa shape index (κ1) is 16.6. The van der Waals surface area contributed by atoms with E-state index >= 15 is 0 Å². The molecule has 6 heteroatoms. The Kier molecular flexibility index (Phi) is 6.55. The molecule has 22 heavy (non-hydrogen) atoms. The summed E-state index contributed by atoms with van der Waals surface area (Å²) in [6.07, 6.45) is 0. The standard InChI is InChI=1S/C16H13IN2O2S/c17-12-4-3-5-13(10-12)21-11-16(20)19-14-6-1-2-7-15(14)22-9-8-18/h1-7,10H,9,11H2,(H,19,20). The van der Waals surface area contributed by atoms with Crippen LogP contribution in [-0.2, 0) is 4.79 Å². The van der Waals surface area contributed by atoms with Crippen LogP contribution in [0.3, 0.4) is 0 Å². The van der Waals surface area contributed by atoms with Crippen molar-refractivity contribution in [2.75, 3.05) is 17.7 Å². The van der Waals surface area contributed by atoms with Crippen LogP contribution in [-0.4, -0.2) is 18.3 Å². The van der Waals surface area contributed by atoms with Crippen LogP contribution in [0.2, 0.25) is 0 Å². The van der Waals surface area contributed by atoms with Crippen molar-refractivity contribution < 1.29 is 9.53 Å². The Morgan fingerprint density at radius 2 is 2.09 bits per heavy atom. The fraction of sp³-hybridized carbons (Fsp3) is 0.125. The quantitative estimate of drug-likeness (QED) is 0.564. The Morgan fingerprint density at radius 3 is 2.86 bits per heavy atom. The number of hydrogen-bond acceptors (Lipinski definition) is 4. The SMILES string of the molecule is N#CCSc1ccccc1NC(=O)COc1cccc(I)c1. The molecule has 0 radical (unpaired) electrons. The lowest BCUT2D eigenvalue weighted by Crippen LogP contribution is -2.20. The molecule has 0 aliphatic heterocycles. The van der Waals surface area contributed by atoms with Gasteiger partial charge in [-0.1, -0.05) is 18.2 Å². The lowest BCUT2D eigenvalue weighted by molar-refractivity contribution is -0.118. The molecular formula is C16H13IN2O2S. The third kappa shape index (κ3) is 5.24. The maximum atomic E-state index is 12.0. The van der Waals surface area contributed by atoms with Gasteiger partial charge < -0.3 is 10.1 Å². The number of anilines is 1. The third-order valence-corrected chi connectivity index (χ3v) is 4.23. The van der Waals surface area contributed by atoms with Crippen molar-refractivity contribution in [2.45, 2.75) is 4.90 Å². The molecule has 2 aromatic carbocycles. The van der Waals surface area contributed by atoms with Crippen molar-refractivity contribution in [3.63, 3.8) is 0 Å². The number of carbonyl (C=O) groups is 1. The highest BCUT2D eigenvalue weighted by atomic mass is 127. The van der Waals surface area contributed by atoms with Crippen molar-refractivity contribution in [1.29, 1.82) is 5.26 Å². The van der Waals surface area contributed by atoms with E-state index < -0.39 is 0 Å². The molecule has 0 aliphatic rings. The topological polar surface area (TPSA) is 62.1 Å². The summed E-state index contributed by atoms with van der Waals surface area (Å²) in [6, 6.07) is 17.0. The number of rotatable bonds is 6. The first-order valence-electron chi connectivity index (χ1n) is 6.46. The molecule has 0 fully saturated rings. The molecule has 1 N–H and O–H groups in total. The normalized spacial score (nSPS) is 9.82. The summed E-state index contributed by atoms with van der Waals surface area (Å²) in [7, 11) is 0. The number of nitrogens with zero attached hydrogens (tertiary/aromatic N) is 1. The largest absolute Gasteiger partial charge is 0.484 e. The van der Waals surface area contributed by atoms with Gasteiger partial charge in [-0.2, -0.15) is 5.26 Å². The Bertz CT molecular complexity index is 701. The van der Waals surface area contributed by atoms with Gasteiger partial charge >= 0.3 is 0 Å². The van der Waals surface area contributed by atoms with Crippen LogP contribution in [0.5, 0.6) is 5.75 Å². The van der Waals surface area contributed by atoms with Gasteiger partial charge in [-0.3, -0.25) is 4.79 Å². The average molecular weight is 424 g/mol. The highest BCUT2D eigenvalue weighted by molar-refractivity contribution is 14.1. The van der Waals surface area contributed by atoms with Gasteiger partial charge in [-0.25, -0.2) is 0 Å². The zero-order valence-electron chi connectivity index (χ0n) is 11.6. The fourth-order valence-electron chi connectivity index (χ4n) is 1.70. The van der Waals surface area contributed by atoms with E-state index in [-0.39, 0.29) is 12.5 Å². The number of nitrogens with one attached hydrogen (secondary N) is 1. The van der Waals surface area contributed by atoms with Gasteiger partial charge in [-0.05, 0) is 52.9 Å². The summed E-state index contributed by atoms with van der Waals surface area (Å²) in [5, 5.41) is 11.5. The van der Waals surface area contributed by atoms with Crippen molar-refractivity contribution in [2.24, 2.45) is 0 Å². The second-order valence-corrected chi connectivity index (χ2v) is 6.50. The first-order valence-corrected chi connectivity index (χ1v) is 8.52. The van der Waals surface area contributed by atoms with Gasteiger partial charge in [0.05, 0.1) is 17.5 Å². The van der Waals surface area contributed by atoms with Crippen LogP contribution in [0.15, 0.2) is 53.4 Å². The van der Waals surface area contributed by atoms with E-state index in [4.69, 9.17) is 10.00 Å². The number of para-hydroxylation sites is 1. The van der Waals surface area contributed by atoms with Crippen molar-refractivity contribution in [3.05, 3.63) is 52.1 Å². The molecule has 0 unspecified atom stereocenters. The number of thioether (sulfide) groups is 1. The third-order valence-electron chi connectivity index (χ3n) is 2.62. The molecule has 0 saturated heterocycles. The lowest BCUT2D eigenvalue weighted by atomic mass is 10.3. The minimum atomic E-state index is -0.233. The lowest BCUT2D eigenvalue weighted by Gasteiger charge is -2.10. The molecule has 4 nitrogen and oxygen atoms in total. The summed E-state index contributed by atoms with van der Waals surface area (Å²) < 4.78 is 6.52. The van der Waals surface area contributed by atoms with Crippen LogP contribution >= 0.6 is 34.4 Å². The predicted octanol–water partition coefficient (Wildman–Crippen LogP) is 3.92. The van der Waals surface area contributed by atoms with Gasteiger partial charge in [0.25, 0.3) is 5.91 Å². The fourth-order valence-corrected chi connectivity index (χ4v) is 2.88. The summed E-state index contributed by atoms with van der Waals surface area (Å²) in [6.45, 7) is -0.0582.